The Morgan fingerprint density at radius 2 is 2.06 bits per heavy atom. The van der Waals surface area contributed by atoms with Crippen molar-refractivity contribution in [1.82, 2.24) is 0 Å². The first-order valence-electron chi connectivity index (χ1n) is 5.44. The molecule has 96 valence electrons. The molecule has 1 heterocycles. The van der Waals surface area contributed by atoms with Gasteiger partial charge < -0.3 is 20.1 Å². The van der Waals surface area contributed by atoms with Gasteiger partial charge in [0, 0.05) is 5.75 Å². The first kappa shape index (κ1) is 13.2. The van der Waals surface area contributed by atoms with Gasteiger partial charge in [-0.3, -0.25) is 0 Å². The Labute approximate surface area is 109 Å². The van der Waals surface area contributed by atoms with E-state index < -0.39 is 23.7 Å². The Bertz CT molecular complexity index is 462. The SMILES string of the molecule is N#Cc1cccc(O[C@H]2SC[C@@H](O)[C@H](O)[C@H]2O)c1. The van der Waals surface area contributed by atoms with Gasteiger partial charge in [0.25, 0.3) is 0 Å². The Morgan fingerprint density at radius 1 is 1.28 bits per heavy atom. The van der Waals surface area contributed by atoms with Crippen LogP contribution in [0.1, 0.15) is 5.56 Å². The fraction of sp³-hybridized carbons (Fsp3) is 0.417. The van der Waals surface area contributed by atoms with Gasteiger partial charge in [-0.05, 0) is 18.2 Å². The van der Waals surface area contributed by atoms with Crippen molar-refractivity contribution in [2.45, 2.75) is 23.7 Å². The number of hydrogen-bond acceptors (Lipinski definition) is 6. The quantitative estimate of drug-likeness (QED) is 0.703. The summed E-state index contributed by atoms with van der Waals surface area (Å²) in [5.74, 6) is 0.745. The van der Waals surface area contributed by atoms with Gasteiger partial charge in [-0.25, -0.2) is 0 Å². The van der Waals surface area contributed by atoms with Crippen LogP contribution in [0.4, 0.5) is 0 Å². The second-order valence-electron chi connectivity index (χ2n) is 4.01. The van der Waals surface area contributed by atoms with Crippen LogP contribution >= 0.6 is 11.8 Å². The number of nitrogens with zero attached hydrogens (tertiary/aromatic N) is 1. The van der Waals surface area contributed by atoms with Crippen molar-refractivity contribution in [2.75, 3.05) is 5.75 Å². The molecule has 0 bridgehead atoms. The first-order valence-corrected chi connectivity index (χ1v) is 6.49. The van der Waals surface area contributed by atoms with E-state index in [0.717, 1.165) is 0 Å². The number of rotatable bonds is 2. The highest BCUT2D eigenvalue weighted by Gasteiger charge is 2.38. The summed E-state index contributed by atoms with van der Waals surface area (Å²) in [5.41, 5.74) is -0.194. The van der Waals surface area contributed by atoms with Gasteiger partial charge in [0.1, 0.15) is 18.0 Å². The molecule has 1 aliphatic heterocycles. The highest BCUT2D eigenvalue weighted by atomic mass is 32.2. The lowest BCUT2D eigenvalue weighted by molar-refractivity contribution is -0.0786. The lowest BCUT2D eigenvalue weighted by Gasteiger charge is -2.34. The number of benzene rings is 1. The number of nitriles is 1. The van der Waals surface area contributed by atoms with Crippen LogP contribution in [-0.4, -0.2) is 44.8 Å². The monoisotopic (exact) mass is 267 g/mol. The summed E-state index contributed by atoms with van der Waals surface area (Å²) in [7, 11) is 0. The number of ether oxygens (including phenoxy) is 1. The van der Waals surface area contributed by atoms with Crippen LogP contribution in [0, 0.1) is 11.3 Å². The summed E-state index contributed by atoms with van der Waals surface area (Å²) in [6, 6.07) is 8.55. The molecule has 0 saturated carbocycles. The van der Waals surface area contributed by atoms with Crippen LogP contribution in [0.3, 0.4) is 0 Å². The lowest BCUT2D eigenvalue weighted by Crippen LogP contribution is -2.50. The Morgan fingerprint density at radius 3 is 2.78 bits per heavy atom. The smallest absolute Gasteiger partial charge is 0.173 e. The summed E-state index contributed by atoms with van der Waals surface area (Å²) in [4.78, 5) is 0. The van der Waals surface area contributed by atoms with E-state index in [-0.39, 0.29) is 0 Å². The third-order valence-electron chi connectivity index (χ3n) is 2.67. The third-order valence-corrected chi connectivity index (χ3v) is 3.91. The van der Waals surface area contributed by atoms with Crippen molar-refractivity contribution in [3.8, 4) is 11.8 Å². The molecule has 1 fully saturated rings. The maximum atomic E-state index is 9.77. The van der Waals surface area contributed by atoms with Gasteiger partial charge in [-0.15, -0.1) is 11.8 Å². The van der Waals surface area contributed by atoms with Crippen LogP contribution in [0.25, 0.3) is 0 Å². The van der Waals surface area contributed by atoms with Crippen molar-refractivity contribution in [3.63, 3.8) is 0 Å². The maximum absolute atomic E-state index is 9.77. The summed E-state index contributed by atoms with van der Waals surface area (Å²) in [5, 5.41) is 37.5. The van der Waals surface area contributed by atoms with E-state index in [2.05, 4.69) is 0 Å². The van der Waals surface area contributed by atoms with Gasteiger partial charge >= 0.3 is 0 Å². The normalized spacial score (nSPS) is 31.7. The van der Waals surface area contributed by atoms with Gasteiger partial charge in [-0.2, -0.15) is 5.26 Å². The van der Waals surface area contributed by atoms with E-state index in [1.165, 1.54) is 11.8 Å². The third kappa shape index (κ3) is 2.76. The molecular weight excluding hydrogens is 254 g/mol. The fourth-order valence-corrected chi connectivity index (χ4v) is 2.78. The summed E-state index contributed by atoms with van der Waals surface area (Å²) < 4.78 is 5.52. The Hall–Kier alpha value is -1.26. The van der Waals surface area contributed by atoms with E-state index >= 15 is 0 Å². The molecule has 0 unspecified atom stereocenters. The average molecular weight is 267 g/mol. The van der Waals surface area contributed by atoms with E-state index in [4.69, 9.17) is 10.00 Å². The van der Waals surface area contributed by atoms with Gasteiger partial charge in [0.05, 0.1) is 17.7 Å². The van der Waals surface area contributed by atoms with Crippen molar-refractivity contribution in [1.29, 1.82) is 5.26 Å². The second-order valence-corrected chi connectivity index (χ2v) is 5.14. The first-order chi connectivity index (χ1) is 8.61. The minimum atomic E-state index is -1.21. The predicted molar refractivity (Wildman–Crippen MR) is 66.1 cm³/mol. The topological polar surface area (TPSA) is 93.7 Å². The van der Waals surface area contributed by atoms with E-state index in [0.29, 0.717) is 17.1 Å². The lowest BCUT2D eigenvalue weighted by atomic mass is 10.1. The molecular formula is C12H13NO4S. The molecule has 0 radical (unpaired) electrons. The Balaban J connectivity index is 2.07. The zero-order valence-corrected chi connectivity index (χ0v) is 10.2. The number of aliphatic hydroxyl groups is 3. The van der Waals surface area contributed by atoms with Crippen LogP contribution in [0.5, 0.6) is 5.75 Å². The molecule has 0 spiro atoms. The fourth-order valence-electron chi connectivity index (χ4n) is 1.66. The van der Waals surface area contributed by atoms with Gasteiger partial charge in [-0.1, -0.05) is 6.07 Å². The maximum Gasteiger partial charge on any atom is 0.173 e. The minimum Gasteiger partial charge on any atom is -0.477 e. The molecule has 0 amide bonds. The predicted octanol–water partition coefficient (Wildman–Crippen LogP) is 0.0927. The molecule has 1 aromatic rings. The molecule has 1 saturated heterocycles. The van der Waals surface area contributed by atoms with Crippen LogP contribution in [0.2, 0.25) is 0 Å². The molecule has 0 aliphatic carbocycles. The van der Waals surface area contributed by atoms with Crippen molar-refractivity contribution >= 4 is 11.8 Å². The Kier molecular flexibility index (Phi) is 4.09. The highest BCUT2D eigenvalue weighted by Crippen LogP contribution is 2.29. The summed E-state index contributed by atoms with van der Waals surface area (Å²) in [6.07, 6.45) is -3.32. The number of aliphatic hydroxyl groups excluding tert-OH is 3. The van der Waals surface area contributed by atoms with Crippen LogP contribution in [-0.2, 0) is 0 Å². The highest BCUT2D eigenvalue weighted by molar-refractivity contribution is 7.99. The van der Waals surface area contributed by atoms with Crippen molar-refractivity contribution < 1.29 is 20.1 Å². The van der Waals surface area contributed by atoms with E-state index in [1.807, 2.05) is 6.07 Å². The molecule has 5 nitrogen and oxygen atoms in total. The van der Waals surface area contributed by atoms with Crippen LogP contribution in [0.15, 0.2) is 24.3 Å². The molecule has 3 N–H and O–H groups in total. The standard InChI is InChI=1S/C12H13NO4S/c13-5-7-2-1-3-8(4-7)17-12-11(16)10(15)9(14)6-18-12/h1-4,9-12,14-16H,6H2/t9-,10+,11-,12+/m1/s1. The number of hydrogen-bond donors (Lipinski definition) is 3. The zero-order valence-electron chi connectivity index (χ0n) is 9.43. The van der Waals surface area contributed by atoms with E-state index in [1.54, 1.807) is 24.3 Å². The van der Waals surface area contributed by atoms with Gasteiger partial charge in [0.2, 0.25) is 0 Å². The molecule has 6 heteroatoms. The summed E-state index contributed by atoms with van der Waals surface area (Å²) in [6.45, 7) is 0. The summed E-state index contributed by atoms with van der Waals surface area (Å²) >= 11 is 1.23. The van der Waals surface area contributed by atoms with Crippen molar-refractivity contribution in [3.05, 3.63) is 29.8 Å². The minimum absolute atomic E-state index is 0.292. The van der Waals surface area contributed by atoms with E-state index in [9.17, 15) is 15.3 Å². The largest absolute Gasteiger partial charge is 0.477 e. The molecule has 1 aromatic carbocycles. The second kappa shape index (κ2) is 5.59. The molecule has 2 rings (SSSR count). The average Bonchev–Trinajstić information content (AvgIpc) is 2.40. The molecule has 18 heavy (non-hydrogen) atoms. The van der Waals surface area contributed by atoms with Crippen LogP contribution < -0.4 is 4.74 Å². The van der Waals surface area contributed by atoms with Gasteiger partial charge in [0.15, 0.2) is 5.44 Å². The number of thioether (sulfide) groups is 1. The molecule has 0 aromatic heterocycles. The zero-order chi connectivity index (χ0) is 13.1. The molecule has 1 aliphatic rings. The molecule has 4 atom stereocenters. The van der Waals surface area contributed by atoms with Crippen molar-refractivity contribution in [2.24, 2.45) is 0 Å².